The molecule has 11 heavy (non-hydrogen) atoms. The van der Waals surface area contributed by atoms with E-state index in [0.29, 0.717) is 6.42 Å². The summed E-state index contributed by atoms with van der Waals surface area (Å²) in [4.78, 5) is 14.9. The normalized spacial score (nSPS) is 10.4. The van der Waals surface area contributed by atoms with Crippen molar-refractivity contribution in [1.82, 2.24) is 0 Å². The number of carbonyl (C=O) groups is 1. The molecule has 0 saturated carbocycles. The van der Waals surface area contributed by atoms with Crippen molar-refractivity contribution < 1.29 is 9.63 Å². The van der Waals surface area contributed by atoms with Crippen molar-refractivity contribution in [1.29, 1.82) is 0 Å². The minimum Gasteiger partial charge on any atom is -0.399 e. The SMILES string of the molecule is CON=CCCCCC(C)=O. The lowest BCUT2D eigenvalue weighted by Crippen LogP contribution is -1.89. The number of unbranched alkanes of at least 4 members (excludes halogenated alkanes) is 2. The van der Waals surface area contributed by atoms with Gasteiger partial charge in [-0.05, 0) is 26.2 Å². The smallest absolute Gasteiger partial charge is 0.129 e. The summed E-state index contributed by atoms with van der Waals surface area (Å²) < 4.78 is 0. The van der Waals surface area contributed by atoms with Crippen LogP contribution in [0.1, 0.15) is 32.6 Å². The lowest BCUT2D eigenvalue weighted by Gasteiger charge is -1.92. The van der Waals surface area contributed by atoms with Gasteiger partial charge in [0.1, 0.15) is 12.9 Å². The van der Waals surface area contributed by atoms with Gasteiger partial charge in [0, 0.05) is 12.6 Å². The topological polar surface area (TPSA) is 38.7 Å². The van der Waals surface area contributed by atoms with Crippen LogP contribution in [0.15, 0.2) is 5.16 Å². The van der Waals surface area contributed by atoms with Gasteiger partial charge in [-0.3, -0.25) is 0 Å². The molecule has 0 unspecified atom stereocenters. The number of hydrogen-bond acceptors (Lipinski definition) is 3. The van der Waals surface area contributed by atoms with Gasteiger partial charge in [-0.2, -0.15) is 0 Å². The number of Topliss-reactive ketones (excluding diaryl/α,β-unsaturated/α-hetero) is 1. The molecule has 0 saturated heterocycles. The highest BCUT2D eigenvalue weighted by Gasteiger charge is 1.91. The molecule has 0 aliphatic carbocycles. The summed E-state index contributed by atoms with van der Waals surface area (Å²) in [6, 6.07) is 0. The van der Waals surface area contributed by atoms with Crippen LogP contribution in [0.5, 0.6) is 0 Å². The monoisotopic (exact) mass is 157 g/mol. The van der Waals surface area contributed by atoms with Gasteiger partial charge in [0.2, 0.25) is 0 Å². The Balaban J connectivity index is 3.02. The van der Waals surface area contributed by atoms with Crippen LogP contribution in [0.25, 0.3) is 0 Å². The van der Waals surface area contributed by atoms with E-state index in [1.165, 1.54) is 7.11 Å². The minimum atomic E-state index is 0.258. The van der Waals surface area contributed by atoms with Gasteiger partial charge >= 0.3 is 0 Å². The number of oxime groups is 1. The van der Waals surface area contributed by atoms with Crippen molar-refractivity contribution in [2.75, 3.05) is 7.11 Å². The second kappa shape index (κ2) is 7.25. The van der Waals surface area contributed by atoms with Crippen LogP contribution in [0.2, 0.25) is 0 Å². The Hall–Kier alpha value is -0.860. The molecule has 0 aromatic carbocycles. The molecule has 0 aliphatic rings. The number of hydrogen-bond donors (Lipinski definition) is 0. The van der Waals surface area contributed by atoms with E-state index in [1.54, 1.807) is 13.1 Å². The van der Waals surface area contributed by atoms with E-state index in [-0.39, 0.29) is 5.78 Å². The van der Waals surface area contributed by atoms with Crippen LogP contribution in [0.4, 0.5) is 0 Å². The van der Waals surface area contributed by atoms with Gasteiger partial charge in [-0.1, -0.05) is 5.16 Å². The first-order valence-electron chi connectivity index (χ1n) is 3.81. The summed E-state index contributed by atoms with van der Waals surface area (Å²) in [6.07, 6.45) is 5.25. The van der Waals surface area contributed by atoms with E-state index in [0.717, 1.165) is 19.3 Å². The molecular formula is C8H15NO2. The van der Waals surface area contributed by atoms with E-state index in [2.05, 4.69) is 9.99 Å². The van der Waals surface area contributed by atoms with Crippen molar-refractivity contribution in [3.05, 3.63) is 0 Å². The third-order valence-corrected chi connectivity index (χ3v) is 1.29. The highest BCUT2D eigenvalue weighted by atomic mass is 16.6. The zero-order valence-corrected chi connectivity index (χ0v) is 7.17. The van der Waals surface area contributed by atoms with E-state index >= 15 is 0 Å². The Morgan fingerprint density at radius 1 is 1.55 bits per heavy atom. The Morgan fingerprint density at radius 3 is 2.82 bits per heavy atom. The second-order valence-corrected chi connectivity index (χ2v) is 2.42. The molecule has 0 radical (unpaired) electrons. The van der Waals surface area contributed by atoms with E-state index in [4.69, 9.17) is 0 Å². The van der Waals surface area contributed by atoms with Gasteiger partial charge < -0.3 is 9.63 Å². The summed E-state index contributed by atoms with van der Waals surface area (Å²) in [5.74, 6) is 0.258. The summed E-state index contributed by atoms with van der Waals surface area (Å²) in [7, 11) is 1.52. The molecule has 0 fully saturated rings. The predicted octanol–water partition coefficient (Wildman–Crippen LogP) is 1.77. The van der Waals surface area contributed by atoms with Crippen molar-refractivity contribution in [3.8, 4) is 0 Å². The first kappa shape index (κ1) is 10.1. The molecule has 0 bridgehead atoms. The second-order valence-electron chi connectivity index (χ2n) is 2.42. The maximum absolute atomic E-state index is 10.5. The molecule has 0 N–H and O–H groups in total. The fraction of sp³-hybridized carbons (Fsp3) is 0.750. The number of nitrogens with zero attached hydrogens (tertiary/aromatic N) is 1. The van der Waals surface area contributed by atoms with E-state index < -0.39 is 0 Å². The van der Waals surface area contributed by atoms with Crippen molar-refractivity contribution >= 4 is 12.0 Å². The fourth-order valence-electron chi connectivity index (χ4n) is 0.737. The van der Waals surface area contributed by atoms with Gasteiger partial charge in [0.25, 0.3) is 0 Å². The van der Waals surface area contributed by atoms with Crippen LogP contribution in [-0.2, 0) is 9.63 Å². The van der Waals surface area contributed by atoms with Crippen molar-refractivity contribution in [3.63, 3.8) is 0 Å². The third kappa shape index (κ3) is 9.14. The van der Waals surface area contributed by atoms with Crippen LogP contribution in [0.3, 0.4) is 0 Å². The first-order chi connectivity index (χ1) is 5.27. The average Bonchev–Trinajstić information content (AvgIpc) is 1.96. The highest BCUT2D eigenvalue weighted by Crippen LogP contribution is 1.98. The standard InChI is InChI=1S/C8H15NO2/c1-8(10)6-4-3-5-7-9-11-2/h7H,3-6H2,1-2H3. The average molecular weight is 157 g/mol. The Labute approximate surface area is 67.4 Å². The fourth-order valence-corrected chi connectivity index (χ4v) is 0.737. The van der Waals surface area contributed by atoms with Crippen molar-refractivity contribution in [2.24, 2.45) is 5.16 Å². The molecule has 0 aromatic heterocycles. The highest BCUT2D eigenvalue weighted by molar-refractivity contribution is 5.75. The summed E-state index contributed by atoms with van der Waals surface area (Å²) >= 11 is 0. The molecule has 0 amide bonds. The molecule has 3 heteroatoms. The zero-order valence-electron chi connectivity index (χ0n) is 7.17. The zero-order chi connectivity index (χ0) is 8.53. The maximum atomic E-state index is 10.5. The van der Waals surface area contributed by atoms with Crippen molar-refractivity contribution in [2.45, 2.75) is 32.6 Å². The van der Waals surface area contributed by atoms with Crippen LogP contribution in [0, 0.1) is 0 Å². The van der Waals surface area contributed by atoms with Gasteiger partial charge in [-0.25, -0.2) is 0 Å². The molecule has 0 spiro atoms. The van der Waals surface area contributed by atoms with Crippen LogP contribution in [-0.4, -0.2) is 19.1 Å². The first-order valence-corrected chi connectivity index (χ1v) is 3.81. The van der Waals surface area contributed by atoms with Gasteiger partial charge in [0.15, 0.2) is 0 Å². The van der Waals surface area contributed by atoms with Crippen LogP contribution < -0.4 is 0 Å². The largest absolute Gasteiger partial charge is 0.399 e. The van der Waals surface area contributed by atoms with Gasteiger partial charge in [0.05, 0.1) is 0 Å². The van der Waals surface area contributed by atoms with Crippen LogP contribution >= 0.6 is 0 Å². The molecule has 64 valence electrons. The lowest BCUT2D eigenvalue weighted by atomic mass is 10.1. The summed E-state index contributed by atoms with van der Waals surface area (Å²) in [5.41, 5.74) is 0. The maximum Gasteiger partial charge on any atom is 0.129 e. The molecule has 0 aliphatic heterocycles. The summed E-state index contributed by atoms with van der Waals surface area (Å²) in [5, 5.41) is 3.58. The minimum absolute atomic E-state index is 0.258. The quantitative estimate of drug-likeness (QED) is 0.335. The third-order valence-electron chi connectivity index (χ3n) is 1.29. The predicted molar refractivity (Wildman–Crippen MR) is 44.7 cm³/mol. The molecule has 0 heterocycles. The molecule has 0 aromatic rings. The molecule has 0 atom stereocenters. The Bertz CT molecular complexity index is 132. The van der Waals surface area contributed by atoms with Gasteiger partial charge in [-0.15, -0.1) is 0 Å². The molecule has 0 rings (SSSR count). The van der Waals surface area contributed by atoms with E-state index in [9.17, 15) is 4.79 Å². The number of rotatable bonds is 6. The van der Waals surface area contributed by atoms with E-state index in [1.807, 2.05) is 0 Å². The molecule has 3 nitrogen and oxygen atoms in total. The molecular weight excluding hydrogens is 142 g/mol. The Kier molecular flexibility index (Phi) is 6.68. The lowest BCUT2D eigenvalue weighted by molar-refractivity contribution is -0.117. The number of carbonyl (C=O) groups excluding carboxylic acids is 1. The number of ketones is 1. The Morgan fingerprint density at radius 2 is 2.27 bits per heavy atom. The summed E-state index contributed by atoms with van der Waals surface area (Å²) in [6.45, 7) is 1.61.